The van der Waals surface area contributed by atoms with Crippen LogP contribution in [0.3, 0.4) is 0 Å². The van der Waals surface area contributed by atoms with E-state index in [1.54, 1.807) is 19.1 Å². The maximum atomic E-state index is 13.4. The Labute approximate surface area is 248 Å². The number of fused-ring (bicyclic) bond motifs is 1. The molecule has 17 heteroatoms. The number of rotatable bonds is 15. The van der Waals surface area contributed by atoms with Gasteiger partial charge in [0.25, 0.3) is 0 Å². The van der Waals surface area contributed by atoms with Gasteiger partial charge in [0, 0.05) is 40.8 Å². The Balaban J connectivity index is 1.34. The van der Waals surface area contributed by atoms with Crippen molar-refractivity contribution in [3.05, 3.63) is 59.4 Å². The third kappa shape index (κ3) is 9.88. The number of amides is 1. The molecule has 0 bridgehead atoms. The van der Waals surface area contributed by atoms with Crippen LogP contribution in [0.2, 0.25) is 0 Å². The highest BCUT2D eigenvalue weighted by atomic mass is 32.1. The fourth-order valence-electron chi connectivity index (χ4n) is 3.93. The van der Waals surface area contributed by atoms with E-state index in [1.807, 2.05) is 0 Å². The van der Waals surface area contributed by atoms with Gasteiger partial charge in [-0.05, 0) is 38.1 Å². The van der Waals surface area contributed by atoms with Crippen molar-refractivity contribution in [1.82, 2.24) is 20.3 Å². The van der Waals surface area contributed by atoms with Crippen LogP contribution < -0.4 is 25.4 Å². The summed E-state index contributed by atoms with van der Waals surface area (Å²) in [6.07, 6.45) is 2.80. The smallest absolute Gasteiger partial charge is 0.469 e. The van der Waals surface area contributed by atoms with Gasteiger partial charge in [0.2, 0.25) is 5.91 Å². The number of thiazole rings is 1. The average molecular weight is 639 g/mol. The molecule has 2 heterocycles. The first-order valence-corrected chi connectivity index (χ1v) is 15.2. The van der Waals surface area contributed by atoms with E-state index in [0.717, 1.165) is 18.2 Å². The zero-order valence-electron chi connectivity index (χ0n) is 23.0. The molecule has 1 atom stereocenters. The molecule has 2 aromatic heterocycles. The van der Waals surface area contributed by atoms with Crippen molar-refractivity contribution in [2.24, 2.45) is 0 Å². The first-order valence-electron chi connectivity index (χ1n) is 12.9. The quantitative estimate of drug-likeness (QED) is 0.0930. The second-order valence-corrected chi connectivity index (χ2v) is 11.5. The molecule has 13 nitrogen and oxygen atoms in total. The molecule has 0 fully saturated rings. The van der Waals surface area contributed by atoms with E-state index in [9.17, 15) is 18.1 Å². The van der Waals surface area contributed by atoms with Gasteiger partial charge in [-0.2, -0.15) is 0 Å². The number of hydrogen-bond acceptors (Lipinski definition) is 11. The molecule has 2 aromatic carbocycles. The molecule has 43 heavy (non-hydrogen) atoms. The number of hydrogen-bond donors (Lipinski definition) is 5. The number of anilines is 3. The number of aromatic nitrogens is 3. The summed E-state index contributed by atoms with van der Waals surface area (Å²) in [6.45, 7) is 2.69. The molecule has 0 saturated carbocycles. The number of halogens is 2. The van der Waals surface area contributed by atoms with E-state index >= 15 is 0 Å². The predicted octanol–water partition coefficient (Wildman–Crippen LogP) is 4.15. The lowest BCUT2D eigenvalue weighted by molar-refractivity contribution is -0.115. The second-order valence-electron chi connectivity index (χ2n) is 9.20. The van der Waals surface area contributed by atoms with Crippen molar-refractivity contribution in [3.63, 3.8) is 0 Å². The van der Waals surface area contributed by atoms with Crippen LogP contribution in [-0.4, -0.2) is 63.6 Å². The molecule has 0 aliphatic rings. The summed E-state index contributed by atoms with van der Waals surface area (Å²) in [5.41, 5.74) is 0.598. The summed E-state index contributed by atoms with van der Waals surface area (Å²) in [4.78, 5) is 43.6. The number of carbonyl (C=O) groups excluding carboxylic acids is 1. The van der Waals surface area contributed by atoms with Crippen LogP contribution in [0.1, 0.15) is 18.2 Å². The molecule has 4 rings (SSSR count). The van der Waals surface area contributed by atoms with Crippen LogP contribution in [0.15, 0.2) is 42.9 Å². The highest BCUT2D eigenvalue weighted by Gasteiger charge is 2.18. The molecule has 5 N–H and O–H groups in total. The zero-order chi connectivity index (χ0) is 31.0. The highest BCUT2D eigenvalue weighted by Crippen LogP contribution is 2.37. The standard InChI is InChI=1S/C26H29F2N6O7PS/c1-15(41-42(36,37)38)12-29-4-3-5-40-23-11-21-20(10-22(23)39-2)25(32-14-31-21)34-26-30-13-19(43-26)9-24(35)33-18-7-16(27)6-17(28)8-18/h6-8,10-11,13-15,29H,3-5,9,12H2,1-2H3,(H,33,35)(H2,36,37,38)(H,30,31,32,34)/t15-/m1/s1. The monoisotopic (exact) mass is 638 g/mol. The molecule has 4 aromatic rings. The van der Waals surface area contributed by atoms with Crippen molar-refractivity contribution in [2.75, 3.05) is 37.4 Å². The van der Waals surface area contributed by atoms with Crippen molar-refractivity contribution in [1.29, 1.82) is 0 Å². The normalized spacial score (nSPS) is 12.2. The molecule has 0 radical (unpaired) electrons. The maximum absolute atomic E-state index is 13.4. The van der Waals surface area contributed by atoms with Crippen LogP contribution in [0.25, 0.3) is 10.9 Å². The largest absolute Gasteiger partial charge is 0.493 e. The topological polar surface area (TPSA) is 177 Å². The molecule has 0 spiro atoms. The highest BCUT2D eigenvalue weighted by molar-refractivity contribution is 7.46. The van der Waals surface area contributed by atoms with Gasteiger partial charge in [-0.25, -0.2) is 28.3 Å². The molecule has 0 aliphatic carbocycles. The van der Waals surface area contributed by atoms with Crippen molar-refractivity contribution in [2.45, 2.75) is 25.9 Å². The molecule has 0 saturated heterocycles. The number of benzene rings is 2. The predicted molar refractivity (Wildman–Crippen MR) is 156 cm³/mol. The number of ether oxygens (including phenoxy) is 2. The Morgan fingerprint density at radius 1 is 1.09 bits per heavy atom. The molecular weight excluding hydrogens is 609 g/mol. The average Bonchev–Trinajstić information content (AvgIpc) is 3.35. The van der Waals surface area contributed by atoms with Crippen LogP contribution in [0.4, 0.5) is 25.4 Å². The summed E-state index contributed by atoms with van der Waals surface area (Å²) in [5, 5.41) is 9.74. The van der Waals surface area contributed by atoms with E-state index in [4.69, 9.17) is 19.3 Å². The molecule has 0 unspecified atom stereocenters. The Morgan fingerprint density at radius 2 is 1.86 bits per heavy atom. The van der Waals surface area contributed by atoms with Gasteiger partial charge in [0.15, 0.2) is 16.6 Å². The number of phosphoric ester groups is 1. The summed E-state index contributed by atoms with van der Waals surface area (Å²) in [7, 11) is -3.02. The van der Waals surface area contributed by atoms with Gasteiger partial charge < -0.3 is 35.2 Å². The Hall–Kier alpha value is -3.79. The Morgan fingerprint density at radius 3 is 2.58 bits per heavy atom. The van der Waals surface area contributed by atoms with Crippen LogP contribution in [0, 0.1) is 11.6 Å². The molecule has 0 aliphatic heterocycles. The summed E-state index contributed by atoms with van der Waals surface area (Å²) >= 11 is 1.22. The number of methoxy groups -OCH3 is 1. The van der Waals surface area contributed by atoms with E-state index in [2.05, 4.69) is 35.4 Å². The first-order chi connectivity index (χ1) is 20.5. The number of nitrogens with zero attached hydrogens (tertiary/aromatic N) is 3. The summed E-state index contributed by atoms with van der Waals surface area (Å²) in [6, 6.07) is 6.23. The van der Waals surface area contributed by atoms with Crippen molar-refractivity contribution < 1.29 is 41.9 Å². The van der Waals surface area contributed by atoms with Crippen LogP contribution in [-0.2, 0) is 20.3 Å². The summed E-state index contributed by atoms with van der Waals surface area (Å²) in [5.74, 6) is -0.664. The van der Waals surface area contributed by atoms with Gasteiger partial charge in [-0.15, -0.1) is 11.3 Å². The van der Waals surface area contributed by atoms with Crippen LogP contribution in [0.5, 0.6) is 11.5 Å². The molecular formula is C26H29F2N6O7PS. The summed E-state index contributed by atoms with van der Waals surface area (Å²) < 4.78 is 53.6. The second kappa shape index (κ2) is 14.6. The lowest BCUT2D eigenvalue weighted by Gasteiger charge is -2.15. The van der Waals surface area contributed by atoms with E-state index in [0.29, 0.717) is 57.8 Å². The van der Waals surface area contributed by atoms with Gasteiger partial charge >= 0.3 is 7.82 Å². The van der Waals surface area contributed by atoms with Gasteiger partial charge in [-0.3, -0.25) is 9.32 Å². The number of phosphoric acid groups is 1. The van der Waals surface area contributed by atoms with Crippen molar-refractivity contribution >= 4 is 52.6 Å². The lowest BCUT2D eigenvalue weighted by Crippen LogP contribution is -2.27. The zero-order valence-corrected chi connectivity index (χ0v) is 24.8. The minimum atomic E-state index is -4.52. The Kier molecular flexibility index (Phi) is 10.9. The van der Waals surface area contributed by atoms with Crippen molar-refractivity contribution in [3.8, 4) is 11.5 Å². The SMILES string of the molecule is COc1cc2c(Nc3ncc(CC(=O)Nc4cc(F)cc(F)c4)s3)ncnc2cc1OCCCNC[C@@H](C)OP(=O)(O)O. The number of carbonyl (C=O) groups is 1. The Bertz CT molecular complexity index is 1600. The fourth-order valence-corrected chi connectivity index (χ4v) is 5.28. The fraction of sp³-hybridized carbons (Fsp3) is 0.308. The van der Waals surface area contributed by atoms with Gasteiger partial charge in [0.05, 0.1) is 31.8 Å². The minimum Gasteiger partial charge on any atom is -0.493 e. The van der Waals surface area contributed by atoms with E-state index < -0.39 is 31.5 Å². The van der Waals surface area contributed by atoms with E-state index in [1.165, 1.54) is 31.0 Å². The third-order valence-corrected chi connectivity index (χ3v) is 7.23. The van der Waals surface area contributed by atoms with Crippen LogP contribution >= 0.6 is 19.2 Å². The minimum absolute atomic E-state index is 0.0209. The van der Waals surface area contributed by atoms with E-state index in [-0.39, 0.29) is 18.7 Å². The number of nitrogens with one attached hydrogen (secondary N) is 3. The molecule has 230 valence electrons. The maximum Gasteiger partial charge on any atom is 0.469 e. The first kappa shape index (κ1) is 32.1. The lowest BCUT2D eigenvalue weighted by atomic mass is 10.2. The molecule has 1 amide bonds. The third-order valence-electron chi connectivity index (χ3n) is 5.69. The van der Waals surface area contributed by atoms with Gasteiger partial charge in [-0.1, -0.05) is 0 Å². The van der Waals surface area contributed by atoms with Gasteiger partial charge in [0.1, 0.15) is 23.8 Å².